The van der Waals surface area contributed by atoms with Crippen LogP contribution in [0.4, 0.5) is 24.5 Å². The molecule has 2 aromatic carbocycles. The molecule has 5 nitrogen and oxygen atoms in total. The summed E-state index contributed by atoms with van der Waals surface area (Å²) in [5, 5.41) is 4.95. The van der Waals surface area contributed by atoms with Crippen molar-refractivity contribution in [3.05, 3.63) is 83.8 Å². The molecule has 0 atom stereocenters. The highest BCUT2D eigenvalue weighted by Crippen LogP contribution is 2.31. The Morgan fingerprint density at radius 1 is 0.852 bits per heavy atom. The van der Waals surface area contributed by atoms with Crippen LogP contribution in [0, 0.1) is 0 Å². The molecule has 0 bridgehead atoms. The predicted molar refractivity (Wildman–Crippen MR) is 92.5 cm³/mol. The Morgan fingerprint density at radius 2 is 1.63 bits per heavy atom. The molecule has 3 aromatic rings. The van der Waals surface area contributed by atoms with Gasteiger partial charge in [0.25, 0.3) is 11.8 Å². The summed E-state index contributed by atoms with van der Waals surface area (Å²) in [6, 6.07) is 13.4. The molecule has 0 saturated carbocycles. The van der Waals surface area contributed by atoms with Crippen molar-refractivity contribution in [2.24, 2.45) is 0 Å². The summed E-state index contributed by atoms with van der Waals surface area (Å²) in [6.45, 7) is 0. The van der Waals surface area contributed by atoms with Crippen LogP contribution >= 0.6 is 0 Å². The van der Waals surface area contributed by atoms with Crippen LogP contribution in [0.2, 0.25) is 0 Å². The number of carbonyl (C=O) groups is 2. The lowest BCUT2D eigenvalue weighted by Gasteiger charge is -2.12. The molecule has 1 aromatic heterocycles. The Labute approximate surface area is 151 Å². The van der Waals surface area contributed by atoms with Crippen LogP contribution in [0.3, 0.4) is 0 Å². The number of amides is 2. The summed E-state index contributed by atoms with van der Waals surface area (Å²) in [4.78, 5) is 24.6. The Kier molecular flexibility index (Phi) is 4.98. The van der Waals surface area contributed by atoms with Gasteiger partial charge in [0, 0.05) is 5.69 Å². The standard InChI is InChI=1S/C19H13F3N2O3/c20-19(21,22)12-5-3-6-13(11-12)23-17(25)14-7-1-2-8-15(14)24-18(26)16-9-4-10-27-16/h1-11H,(H,23,25)(H,24,26). The van der Waals surface area contributed by atoms with Gasteiger partial charge < -0.3 is 15.1 Å². The average Bonchev–Trinajstić information content (AvgIpc) is 3.16. The van der Waals surface area contributed by atoms with E-state index in [-0.39, 0.29) is 22.7 Å². The lowest BCUT2D eigenvalue weighted by Crippen LogP contribution is -2.18. The van der Waals surface area contributed by atoms with Crippen LogP contribution in [0.25, 0.3) is 0 Å². The molecule has 0 aliphatic rings. The highest BCUT2D eigenvalue weighted by atomic mass is 19.4. The number of hydrogen-bond acceptors (Lipinski definition) is 3. The number of carbonyl (C=O) groups excluding carboxylic acids is 2. The van der Waals surface area contributed by atoms with E-state index in [4.69, 9.17) is 4.42 Å². The Balaban J connectivity index is 1.81. The second-order valence-corrected chi connectivity index (χ2v) is 5.51. The van der Waals surface area contributed by atoms with E-state index >= 15 is 0 Å². The van der Waals surface area contributed by atoms with Crippen LogP contribution in [-0.2, 0) is 6.18 Å². The zero-order valence-corrected chi connectivity index (χ0v) is 13.7. The van der Waals surface area contributed by atoms with Crippen LogP contribution < -0.4 is 10.6 Å². The van der Waals surface area contributed by atoms with Gasteiger partial charge in [-0.3, -0.25) is 9.59 Å². The smallest absolute Gasteiger partial charge is 0.416 e. The SMILES string of the molecule is O=C(Nc1ccccc1C(=O)Nc1cccc(C(F)(F)F)c1)c1ccco1. The Bertz CT molecular complexity index is 966. The molecule has 2 N–H and O–H groups in total. The third kappa shape index (κ3) is 4.35. The zero-order valence-electron chi connectivity index (χ0n) is 13.7. The van der Waals surface area contributed by atoms with E-state index in [9.17, 15) is 22.8 Å². The van der Waals surface area contributed by atoms with Gasteiger partial charge >= 0.3 is 6.18 Å². The number of hydrogen-bond donors (Lipinski definition) is 2. The number of furan rings is 1. The molecule has 138 valence electrons. The van der Waals surface area contributed by atoms with Gasteiger partial charge in [-0.1, -0.05) is 18.2 Å². The van der Waals surface area contributed by atoms with Crippen LogP contribution in [0.1, 0.15) is 26.5 Å². The van der Waals surface area contributed by atoms with Gasteiger partial charge in [-0.15, -0.1) is 0 Å². The van der Waals surface area contributed by atoms with Crippen LogP contribution in [-0.4, -0.2) is 11.8 Å². The molecule has 0 saturated heterocycles. The molecular weight excluding hydrogens is 361 g/mol. The molecule has 27 heavy (non-hydrogen) atoms. The first-order valence-electron chi connectivity index (χ1n) is 7.77. The van der Waals surface area contributed by atoms with Crippen molar-refractivity contribution in [2.45, 2.75) is 6.18 Å². The van der Waals surface area contributed by atoms with Crippen molar-refractivity contribution in [1.82, 2.24) is 0 Å². The van der Waals surface area contributed by atoms with E-state index in [1.807, 2.05) is 0 Å². The summed E-state index contributed by atoms with van der Waals surface area (Å²) in [7, 11) is 0. The highest BCUT2D eigenvalue weighted by molar-refractivity contribution is 6.11. The second kappa shape index (κ2) is 7.36. The molecule has 3 rings (SSSR count). The van der Waals surface area contributed by atoms with E-state index in [0.717, 1.165) is 12.1 Å². The summed E-state index contributed by atoms with van der Waals surface area (Å²) >= 11 is 0. The van der Waals surface area contributed by atoms with Gasteiger partial charge in [0.1, 0.15) is 0 Å². The van der Waals surface area contributed by atoms with E-state index in [0.29, 0.717) is 0 Å². The number of anilines is 2. The quantitative estimate of drug-likeness (QED) is 0.689. The predicted octanol–water partition coefficient (Wildman–Crippen LogP) is 4.80. The van der Waals surface area contributed by atoms with Gasteiger partial charge in [-0.05, 0) is 42.5 Å². The van der Waals surface area contributed by atoms with Crippen molar-refractivity contribution < 1.29 is 27.2 Å². The fourth-order valence-corrected chi connectivity index (χ4v) is 2.35. The number of alkyl halides is 3. The normalized spacial score (nSPS) is 11.1. The summed E-state index contributed by atoms with van der Waals surface area (Å²) < 4.78 is 43.4. The van der Waals surface area contributed by atoms with Crippen molar-refractivity contribution in [3.63, 3.8) is 0 Å². The Morgan fingerprint density at radius 3 is 2.33 bits per heavy atom. The molecule has 0 spiro atoms. The highest BCUT2D eigenvalue weighted by Gasteiger charge is 2.30. The summed E-state index contributed by atoms with van der Waals surface area (Å²) in [6.07, 6.45) is -3.18. The number of nitrogens with one attached hydrogen (secondary N) is 2. The summed E-state index contributed by atoms with van der Waals surface area (Å²) in [5.41, 5.74) is -0.597. The molecule has 8 heteroatoms. The molecule has 0 aliphatic carbocycles. The van der Waals surface area contributed by atoms with Gasteiger partial charge in [-0.25, -0.2) is 0 Å². The third-order valence-electron chi connectivity index (χ3n) is 3.61. The van der Waals surface area contributed by atoms with Crippen molar-refractivity contribution in [3.8, 4) is 0 Å². The van der Waals surface area contributed by atoms with E-state index in [2.05, 4.69) is 10.6 Å². The largest absolute Gasteiger partial charge is 0.459 e. The van der Waals surface area contributed by atoms with E-state index in [1.54, 1.807) is 18.2 Å². The van der Waals surface area contributed by atoms with E-state index < -0.39 is 23.6 Å². The number of benzene rings is 2. The topological polar surface area (TPSA) is 71.3 Å². The first kappa shape index (κ1) is 18.2. The fourth-order valence-electron chi connectivity index (χ4n) is 2.35. The van der Waals surface area contributed by atoms with Gasteiger partial charge in [-0.2, -0.15) is 13.2 Å². The van der Waals surface area contributed by atoms with Crippen LogP contribution in [0.15, 0.2) is 71.3 Å². The van der Waals surface area contributed by atoms with Gasteiger partial charge in [0.2, 0.25) is 0 Å². The third-order valence-corrected chi connectivity index (χ3v) is 3.61. The van der Waals surface area contributed by atoms with Gasteiger partial charge in [0.05, 0.1) is 23.1 Å². The number of rotatable bonds is 4. The van der Waals surface area contributed by atoms with Crippen molar-refractivity contribution in [2.75, 3.05) is 10.6 Å². The summed E-state index contributed by atoms with van der Waals surface area (Å²) in [5.74, 6) is -1.16. The van der Waals surface area contributed by atoms with Crippen LogP contribution in [0.5, 0.6) is 0 Å². The maximum absolute atomic E-state index is 12.8. The lowest BCUT2D eigenvalue weighted by molar-refractivity contribution is -0.137. The molecule has 0 radical (unpaired) electrons. The average molecular weight is 374 g/mol. The molecule has 0 unspecified atom stereocenters. The maximum atomic E-state index is 12.8. The fraction of sp³-hybridized carbons (Fsp3) is 0.0526. The molecule has 2 amide bonds. The first-order valence-corrected chi connectivity index (χ1v) is 7.77. The van der Waals surface area contributed by atoms with Crippen molar-refractivity contribution in [1.29, 1.82) is 0 Å². The zero-order chi connectivity index (χ0) is 19.4. The molecule has 0 aliphatic heterocycles. The van der Waals surface area contributed by atoms with Gasteiger partial charge in [0.15, 0.2) is 5.76 Å². The molecular formula is C19H13F3N2O3. The minimum atomic E-state index is -4.52. The maximum Gasteiger partial charge on any atom is 0.416 e. The number of para-hydroxylation sites is 1. The second-order valence-electron chi connectivity index (χ2n) is 5.51. The Hall–Kier alpha value is -3.55. The number of halogens is 3. The monoisotopic (exact) mass is 374 g/mol. The molecule has 0 fully saturated rings. The minimum Gasteiger partial charge on any atom is -0.459 e. The molecule has 1 heterocycles. The van der Waals surface area contributed by atoms with Crippen molar-refractivity contribution >= 4 is 23.2 Å². The minimum absolute atomic E-state index is 0.0120. The van der Waals surface area contributed by atoms with E-state index in [1.165, 1.54) is 36.6 Å². The first-order chi connectivity index (χ1) is 12.8. The lowest BCUT2D eigenvalue weighted by atomic mass is 10.1.